The molecule has 5 heterocycles. The Morgan fingerprint density at radius 1 is 1.12 bits per heavy atom. The van der Waals surface area contributed by atoms with Gasteiger partial charge in [0.1, 0.15) is 33.5 Å². The highest BCUT2D eigenvalue weighted by molar-refractivity contribution is 7.16. The van der Waals surface area contributed by atoms with E-state index in [2.05, 4.69) is 35.8 Å². The molecule has 0 saturated carbocycles. The van der Waals surface area contributed by atoms with Crippen LogP contribution in [0.1, 0.15) is 22.9 Å². The van der Waals surface area contributed by atoms with Gasteiger partial charge in [-0.25, -0.2) is 14.6 Å². The minimum Gasteiger partial charge on any atom is -0.389 e. The van der Waals surface area contributed by atoms with Crippen LogP contribution >= 0.6 is 11.3 Å². The molecule has 4 aromatic rings. The van der Waals surface area contributed by atoms with Gasteiger partial charge >= 0.3 is 0 Å². The number of carbonyl (C=O) groups excluding carboxylic acids is 1. The first-order valence-electron chi connectivity index (χ1n) is 14.3. The Morgan fingerprint density at radius 3 is 2.48 bits per heavy atom. The summed E-state index contributed by atoms with van der Waals surface area (Å²) in [4.78, 5) is 31.2. The zero-order valence-corrected chi connectivity index (χ0v) is 25.2. The van der Waals surface area contributed by atoms with E-state index in [1.807, 2.05) is 47.8 Å². The molecule has 12 heteroatoms. The Hall–Kier alpha value is -4.05. The van der Waals surface area contributed by atoms with Gasteiger partial charge < -0.3 is 19.8 Å². The highest BCUT2D eigenvalue weighted by atomic mass is 32.1. The quantitative estimate of drug-likeness (QED) is 0.349. The van der Waals surface area contributed by atoms with E-state index in [4.69, 9.17) is 15.1 Å². The van der Waals surface area contributed by atoms with Crippen LogP contribution in [0.2, 0.25) is 0 Å². The van der Waals surface area contributed by atoms with Gasteiger partial charge in [-0.05, 0) is 32.4 Å². The van der Waals surface area contributed by atoms with Gasteiger partial charge in [-0.1, -0.05) is 41.2 Å². The number of likely N-dealkylation sites (tertiary alicyclic amines) is 1. The first-order chi connectivity index (χ1) is 20.2. The molecule has 3 aromatic heterocycles. The number of pyridine rings is 1. The molecule has 42 heavy (non-hydrogen) atoms. The maximum Gasteiger partial charge on any atom is 0.236 e. The molecule has 0 aliphatic carbocycles. The number of aliphatic hydroxyl groups excluding tert-OH is 1. The monoisotopic (exact) mass is 585 g/mol. The van der Waals surface area contributed by atoms with E-state index in [0.717, 1.165) is 65.5 Å². The molecule has 1 amide bonds. The molecule has 0 radical (unpaired) electrons. The second-order valence-corrected chi connectivity index (χ2v) is 12.0. The van der Waals surface area contributed by atoms with E-state index >= 15 is 0 Å². The maximum absolute atomic E-state index is 12.5. The predicted octanol–water partition coefficient (Wildman–Crippen LogP) is 3.16. The molecule has 6 rings (SSSR count). The maximum atomic E-state index is 12.5. The molecule has 0 atom stereocenters. The van der Waals surface area contributed by atoms with Crippen LogP contribution in [-0.4, -0.2) is 99.5 Å². The summed E-state index contributed by atoms with van der Waals surface area (Å²) in [6.07, 6.45) is -0.379. The first-order valence-corrected chi connectivity index (χ1v) is 15.1. The summed E-state index contributed by atoms with van der Waals surface area (Å²) in [5, 5.41) is 25.0. The topological polar surface area (TPSA) is 118 Å². The van der Waals surface area contributed by atoms with Crippen molar-refractivity contribution in [2.24, 2.45) is 0 Å². The van der Waals surface area contributed by atoms with Crippen molar-refractivity contribution in [3.05, 3.63) is 46.3 Å². The highest BCUT2D eigenvalue weighted by Gasteiger charge is 2.31. The average molecular weight is 586 g/mol. The number of anilines is 3. The third-order valence-electron chi connectivity index (χ3n) is 8.06. The number of aromatic nitrogens is 4. The molecule has 0 spiro atoms. The van der Waals surface area contributed by atoms with E-state index in [9.17, 15) is 15.2 Å². The van der Waals surface area contributed by atoms with Gasteiger partial charge in [-0.2, -0.15) is 10.4 Å². The number of carbonyl (C=O) groups is 1. The second kappa shape index (κ2) is 11.3. The molecule has 2 aliphatic rings. The normalized spacial score (nSPS) is 16.1. The van der Waals surface area contributed by atoms with E-state index in [1.54, 1.807) is 4.90 Å². The van der Waals surface area contributed by atoms with Crippen molar-refractivity contribution in [1.29, 1.82) is 5.26 Å². The third-order valence-corrected chi connectivity index (χ3v) is 9.10. The number of aryl methyl sites for hydroxylation is 3. The molecular weight excluding hydrogens is 550 g/mol. The number of thiazole rings is 1. The number of rotatable bonds is 7. The number of amides is 1. The van der Waals surface area contributed by atoms with Crippen LogP contribution in [0.3, 0.4) is 0 Å². The largest absolute Gasteiger partial charge is 0.389 e. The standard InChI is InChI=1S/C30H35N9O2S/c1-5-39-29(35(4)30-33-27(23(15-31)42-30)21-8-6-19(2)7-9-21)28-26(34-39)20(3)14-24(32-28)37-12-10-36(11-13-37)18-25(41)38-16-22(40)17-38/h6-9,14,22,40H,5,10-13,16-18H2,1-4H3. The Morgan fingerprint density at radius 2 is 1.83 bits per heavy atom. The fraction of sp³-hybridized carbons (Fsp3) is 0.433. The molecule has 11 nitrogen and oxygen atoms in total. The SMILES string of the molecule is CCn1nc2c(C)cc(N3CCN(CC(=O)N4CC(O)C4)CC3)nc2c1N(C)c1nc(-c2ccc(C)cc2)c(C#N)s1. The lowest BCUT2D eigenvalue weighted by Gasteiger charge is -2.39. The number of hydrogen-bond donors (Lipinski definition) is 1. The van der Waals surface area contributed by atoms with Gasteiger partial charge in [0.2, 0.25) is 5.91 Å². The molecular formula is C30H35N9O2S. The third kappa shape index (κ3) is 5.19. The van der Waals surface area contributed by atoms with Crippen molar-refractivity contribution in [2.45, 2.75) is 33.4 Å². The summed E-state index contributed by atoms with van der Waals surface area (Å²) in [5.41, 5.74) is 5.45. The minimum atomic E-state index is -0.379. The molecule has 2 aliphatic heterocycles. The van der Waals surface area contributed by atoms with Gasteiger partial charge in [0.15, 0.2) is 10.9 Å². The van der Waals surface area contributed by atoms with Crippen molar-refractivity contribution in [3.8, 4) is 17.3 Å². The summed E-state index contributed by atoms with van der Waals surface area (Å²) in [5.74, 6) is 1.81. The van der Waals surface area contributed by atoms with Crippen LogP contribution in [0.4, 0.5) is 16.8 Å². The van der Waals surface area contributed by atoms with Gasteiger partial charge in [0.25, 0.3) is 0 Å². The van der Waals surface area contributed by atoms with Crippen LogP contribution in [0.25, 0.3) is 22.3 Å². The molecule has 218 valence electrons. The van der Waals surface area contributed by atoms with Crippen molar-refractivity contribution < 1.29 is 9.90 Å². The molecule has 0 unspecified atom stereocenters. The predicted molar refractivity (Wildman–Crippen MR) is 164 cm³/mol. The second-order valence-electron chi connectivity index (χ2n) is 11.1. The lowest BCUT2D eigenvalue weighted by atomic mass is 10.1. The molecule has 2 saturated heterocycles. The van der Waals surface area contributed by atoms with Crippen LogP contribution in [0.5, 0.6) is 0 Å². The molecule has 0 bridgehead atoms. The fourth-order valence-electron chi connectivity index (χ4n) is 5.55. The number of benzene rings is 1. The fourth-order valence-corrected chi connectivity index (χ4v) is 6.40. The zero-order chi connectivity index (χ0) is 29.5. The van der Waals surface area contributed by atoms with E-state index in [0.29, 0.717) is 41.9 Å². The highest BCUT2D eigenvalue weighted by Crippen LogP contribution is 2.38. The number of nitrogens with zero attached hydrogens (tertiary/aromatic N) is 9. The molecule has 1 N–H and O–H groups in total. The Labute approximate surface area is 249 Å². The smallest absolute Gasteiger partial charge is 0.236 e. The van der Waals surface area contributed by atoms with Crippen LogP contribution in [0, 0.1) is 25.2 Å². The van der Waals surface area contributed by atoms with Crippen molar-refractivity contribution in [3.63, 3.8) is 0 Å². The number of β-amino-alcohol motifs (C(OH)–C–C–N with tert-alkyl or cyclic N) is 1. The lowest BCUT2D eigenvalue weighted by molar-refractivity contribution is -0.142. The number of aliphatic hydroxyl groups is 1. The van der Waals surface area contributed by atoms with Gasteiger partial charge in [0, 0.05) is 58.4 Å². The van der Waals surface area contributed by atoms with Crippen molar-refractivity contribution >= 4 is 45.0 Å². The summed E-state index contributed by atoms with van der Waals surface area (Å²) >= 11 is 1.37. The summed E-state index contributed by atoms with van der Waals surface area (Å²) in [7, 11) is 1.96. The average Bonchev–Trinajstić information content (AvgIpc) is 3.58. The summed E-state index contributed by atoms with van der Waals surface area (Å²) < 4.78 is 1.95. The number of nitriles is 1. The Kier molecular flexibility index (Phi) is 7.57. The van der Waals surface area contributed by atoms with Crippen molar-refractivity contribution in [1.82, 2.24) is 29.5 Å². The van der Waals surface area contributed by atoms with Crippen LogP contribution in [0.15, 0.2) is 30.3 Å². The van der Waals surface area contributed by atoms with E-state index in [1.165, 1.54) is 11.3 Å². The van der Waals surface area contributed by atoms with Gasteiger partial charge in [-0.3, -0.25) is 9.69 Å². The van der Waals surface area contributed by atoms with Crippen molar-refractivity contribution in [2.75, 3.05) is 62.7 Å². The van der Waals surface area contributed by atoms with Crippen LogP contribution in [-0.2, 0) is 11.3 Å². The summed E-state index contributed by atoms with van der Waals surface area (Å²) in [6.45, 7) is 11.1. The van der Waals surface area contributed by atoms with Gasteiger partial charge in [0.05, 0.1) is 12.6 Å². The van der Waals surface area contributed by atoms with Gasteiger partial charge in [-0.15, -0.1) is 0 Å². The molecule has 1 aromatic carbocycles. The lowest BCUT2D eigenvalue weighted by Crippen LogP contribution is -2.57. The Balaban J connectivity index is 1.27. The first kappa shape index (κ1) is 28.1. The number of piperazine rings is 1. The van der Waals surface area contributed by atoms with Crippen LogP contribution < -0.4 is 9.80 Å². The Bertz CT molecular complexity index is 1660. The summed E-state index contributed by atoms with van der Waals surface area (Å²) in [6, 6.07) is 12.5. The van der Waals surface area contributed by atoms with E-state index < -0.39 is 0 Å². The molecule has 2 fully saturated rings. The number of hydrogen-bond acceptors (Lipinski definition) is 10. The minimum absolute atomic E-state index is 0.0797. The zero-order valence-electron chi connectivity index (χ0n) is 24.4. The van der Waals surface area contributed by atoms with E-state index in [-0.39, 0.29) is 12.0 Å². The number of fused-ring (bicyclic) bond motifs is 1.